The van der Waals surface area contributed by atoms with Crippen molar-refractivity contribution >= 4 is 28.5 Å². The van der Waals surface area contributed by atoms with Crippen molar-refractivity contribution in [3.8, 4) is 0 Å². The summed E-state index contributed by atoms with van der Waals surface area (Å²) < 4.78 is 0. The normalized spacial score (nSPS) is 15.6. The number of amides is 3. The first-order valence-corrected chi connectivity index (χ1v) is 14.6. The largest absolute Gasteiger partial charge is 0.361 e. The molecule has 3 aromatic carbocycles. The number of carbonyl (C=O) groups excluding carboxylic acids is 2. The van der Waals surface area contributed by atoms with Gasteiger partial charge < -0.3 is 25.4 Å². The maximum absolute atomic E-state index is 13.8. The van der Waals surface area contributed by atoms with Gasteiger partial charge >= 0.3 is 6.03 Å². The van der Waals surface area contributed by atoms with Crippen LogP contribution in [0.25, 0.3) is 10.9 Å². The van der Waals surface area contributed by atoms with Gasteiger partial charge in [-0.1, -0.05) is 67.6 Å². The first kappa shape index (κ1) is 28.4. The molecule has 0 spiro atoms. The number of hydrogen-bond acceptors (Lipinski definition) is 3. The molecular formula is C34H41N5O2. The van der Waals surface area contributed by atoms with E-state index in [1.54, 1.807) is 0 Å². The lowest BCUT2D eigenvalue weighted by Gasteiger charge is -2.34. The monoisotopic (exact) mass is 551 g/mol. The number of carbonyl (C=O) groups is 2. The van der Waals surface area contributed by atoms with E-state index >= 15 is 0 Å². The van der Waals surface area contributed by atoms with E-state index in [-0.39, 0.29) is 17.9 Å². The molecule has 7 nitrogen and oxygen atoms in total. The van der Waals surface area contributed by atoms with Crippen LogP contribution in [0.1, 0.15) is 42.4 Å². The van der Waals surface area contributed by atoms with Gasteiger partial charge in [0.15, 0.2) is 0 Å². The predicted molar refractivity (Wildman–Crippen MR) is 166 cm³/mol. The Hall–Kier alpha value is -4.10. The van der Waals surface area contributed by atoms with E-state index in [0.717, 1.165) is 53.5 Å². The highest BCUT2D eigenvalue weighted by atomic mass is 16.2. The van der Waals surface area contributed by atoms with Crippen LogP contribution in [0.2, 0.25) is 0 Å². The summed E-state index contributed by atoms with van der Waals surface area (Å²) in [6.07, 6.45) is 4.89. The van der Waals surface area contributed by atoms with Gasteiger partial charge in [-0.25, -0.2) is 4.79 Å². The summed E-state index contributed by atoms with van der Waals surface area (Å²) in [6, 6.07) is 25.5. The minimum atomic E-state index is -0.749. The lowest BCUT2D eigenvalue weighted by Crippen LogP contribution is -2.53. The predicted octanol–water partition coefficient (Wildman–Crippen LogP) is 6.00. The van der Waals surface area contributed by atoms with E-state index in [9.17, 15) is 9.59 Å². The first-order valence-electron chi connectivity index (χ1n) is 14.6. The smallest absolute Gasteiger partial charge is 0.318 e. The molecule has 1 aliphatic rings. The fourth-order valence-corrected chi connectivity index (χ4v) is 5.91. The van der Waals surface area contributed by atoms with E-state index in [4.69, 9.17) is 0 Å². The van der Waals surface area contributed by atoms with Crippen LogP contribution in [-0.4, -0.2) is 59.9 Å². The molecule has 0 bridgehead atoms. The fourth-order valence-electron chi connectivity index (χ4n) is 5.91. The van der Waals surface area contributed by atoms with Crippen LogP contribution in [0.3, 0.4) is 0 Å². The third kappa shape index (κ3) is 7.16. The Kier molecular flexibility index (Phi) is 9.04. The molecule has 0 aliphatic carbocycles. The van der Waals surface area contributed by atoms with Crippen molar-refractivity contribution in [2.75, 3.05) is 32.5 Å². The number of benzene rings is 3. The van der Waals surface area contributed by atoms with Crippen molar-refractivity contribution in [2.24, 2.45) is 5.92 Å². The molecule has 3 N–H and O–H groups in total. The maximum atomic E-state index is 13.8. The lowest BCUT2D eigenvalue weighted by molar-refractivity contribution is -0.118. The second-order valence-corrected chi connectivity index (χ2v) is 11.6. The van der Waals surface area contributed by atoms with Crippen LogP contribution < -0.4 is 10.6 Å². The number of aromatic amines is 1. The summed E-state index contributed by atoms with van der Waals surface area (Å²) in [5.74, 6) is 0.0768. The SMILES string of the molecule is C[C@@H](c1c[nH]c2ccccc12)[C@@H](NC(=O)N1CCC(Cc2ccccc2)CC1)C(=O)Nc1cccc(CN(C)C)c1. The van der Waals surface area contributed by atoms with Crippen LogP contribution in [0.5, 0.6) is 0 Å². The molecular weight excluding hydrogens is 510 g/mol. The molecule has 1 saturated heterocycles. The zero-order valence-corrected chi connectivity index (χ0v) is 24.3. The summed E-state index contributed by atoms with van der Waals surface area (Å²) in [6.45, 7) is 4.15. The Bertz CT molecular complexity index is 1460. The van der Waals surface area contributed by atoms with E-state index < -0.39 is 6.04 Å². The number of H-pyrrole nitrogens is 1. The van der Waals surface area contributed by atoms with E-state index in [1.807, 2.05) is 80.6 Å². The highest BCUT2D eigenvalue weighted by Gasteiger charge is 2.32. The van der Waals surface area contributed by atoms with Gasteiger partial charge in [0.25, 0.3) is 0 Å². The van der Waals surface area contributed by atoms with Crippen molar-refractivity contribution < 1.29 is 9.59 Å². The molecule has 214 valence electrons. The quantitative estimate of drug-likeness (QED) is 0.239. The van der Waals surface area contributed by atoms with Gasteiger partial charge in [0.1, 0.15) is 6.04 Å². The Morgan fingerprint density at radius 3 is 2.41 bits per heavy atom. The number of rotatable bonds is 9. The standard InChI is InChI=1S/C34H41N5O2/c1-24(30-22-35-31-15-8-7-14-29(30)31)32(33(40)36-28-13-9-12-27(21-28)23-38(2)3)37-34(41)39-18-16-26(17-19-39)20-25-10-5-4-6-11-25/h4-15,21-22,24,26,32,35H,16-20,23H2,1-3H3,(H,36,40)(H,37,41)/t24-,32+/m0/s1. The minimum Gasteiger partial charge on any atom is -0.361 e. The van der Waals surface area contributed by atoms with Crippen LogP contribution in [-0.2, 0) is 17.8 Å². The topological polar surface area (TPSA) is 80.5 Å². The van der Waals surface area contributed by atoms with Gasteiger partial charge in [0, 0.05) is 48.3 Å². The van der Waals surface area contributed by atoms with Crippen LogP contribution in [0.15, 0.2) is 85.1 Å². The van der Waals surface area contributed by atoms with E-state index in [1.165, 1.54) is 5.56 Å². The Morgan fingerprint density at radius 1 is 0.951 bits per heavy atom. The maximum Gasteiger partial charge on any atom is 0.318 e. The third-order valence-electron chi connectivity index (χ3n) is 8.14. The number of urea groups is 1. The second-order valence-electron chi connectivity index (χ2n) is 11.6. The van der Waals surface area contributed by atoms with Gasteiger partial charge in [-0.15, -0.1) is 0 Å². The molecule has 5 rings (SSSR count). The van der Waals surface area contributed by atoms with Crippen molar-refractivity contribution in [3.05, 3.63) is 102 Å². The number of aromatic nitrogens is 1. The third-order valence-corrected chi connectivity index (χ3v) is 8.14. The zero-order valence-electron chi connectivity index (χ0n) is 24.3. The molecule has 4 aromatic rings. The van der Waals surface area contributed by atoms with Crippen molar-refractivity contribution in [3.63, 3.8) is 0 Å². The highest BCUT2D eigenvalue weighted by Crippen LogP contribution is 2.29. The van der Waals surface area contributed by atoms with Gasteiger partial charge in [-0.2, -0.15) is 0 Å². The summed E-state index contributed by atoms with van der Waals surface area (Å²) >= 11 is 0. The van der Waals surface area contributed by atoms with Crippen LogP contribution in [0.4, 0.5) is 10.5 Å². The molecule has 1 aromatic heterocycles. The van der Waals surface area contributed by atoms with Gasteiger partial charge in [-0.05, 0) is 74.2 Å². The van der Waals surface area contributed by atoms with Crippen molar-refractivity contribution in [2.45, 2.75) is 44.7 Å². The molecule has 0 radical (unpaired) electrons. The van der Waals surface area contributed by atoms with Crippen molar-refractivity contribution in [1.29, 1.82) is 0 Å². The van der Waals surface area contributed by atoms with E-state index in [2.05, 4.69) is 50.8 Å². The molecule has 1 aliphatic heterocycles. The molecule has 3 amide bonds. The summed E-state index contributed by atoms with van der Waals surface area (Å²) in [5, 5.41) is 7.27. The minimum absolute atomic E-state index is 0.184. The summed E-state index contributed by atoms with van der Waals surface area (Å²) in [5.41, 5.74) is 5.19. The lowest BCUT2D eigenvalue weighted by atomic mass is 9.90. The Labute approximate surface area is 242 Å². The Balaban J connectivity index is 1.31. The second kappa shape index (κ2) is 13.0. The molecule has 0 unspecified atom stereocenters. The Morgan fingerprint density at radius 2 is 1.66 bits per heavy atom. The number of fused-ring (bicyclic) bond motifs is 1. The molecule has 2 heterocycles. The highest BCUT2D eigenvalue weighted by molar-refractivity contribution is 5.98. The van der Waals surface area contributed by atoms with E-state index in [0.29, 0.717) is 19.0 Å². The number of nitrogens with zero attached hydrogens (tertiary/aromatic N) is 2. The number of para-hydroxylation sites is 1. The summed E-state index contributed by atoms with van der Waals surface area (Å²) in [7, 11) is 4.04. The molecule has 0 saturated carbocycles. The summed E-state index contributed by atoms with van der Waals surface area (Å²) in [4.78, 5) is 34.7. The van der Waals surface area contributed by atoms with Gasteiger partial charge in [-0.3, -0.25) is 4.79 Å². The molecule has 7 heteroatoms. The first-order chi connectivity index (χ1) is 19.9. The molecule has 1 fully saturated rings. The molecule has 41 heavy (non-hydrogen) atoms. The fraction of sp³-hybridized carbons (Fsp3) is 0.353. The number of anilines is 1. The van der Waals surface area contributed by atoms with Crippen LogP contribution in [0, 0.1) is 5.92 Å². The van der Waals surface area contributed by atoms with Gasteiger partial charge in [0.2, 0.25) is 5.91 Å². The van der Waals surface area contributed by atoms with Gasteiger partial charge in [0.05, 0.1) is 0 Å². The number of nitrogens with one attached hydrogen (secondary N) is 3. The van der Waals surface area contributed by atoms with Crippen molar-refractivity contribution in [1.82, 2.24) is 20.1 Å². The van der Waals surface area contributed by atoms with Crippen LogP contribution >= 0.6 is 0 Å². The average Bonchev–Trinajstić information content (AvgIpc) is 3.40. The average molecular weight is 552 g/mol. The molecule has 2 atom stereocenters. The number of hydrogen-bond donors (Lipinski definition) is 3. The number of piperidine rings is 1. The number of likely N-dealkylation sites (tertiary alicyclic amines) is 1. The zero-order chi connectivity index (χ0) is 28.8.